The Morgan fingerprint density at radius 1 is 1.07 bits per heavy atom. The quantitative estimate of drug-likeness (QED) is 0.680. The first-order valence-electron chi connectivity index (χ1n) is 10.3. The van der Waals surface area contributed by atoms with Crippen molar-refractivity contribution >= 4 is 15.9 Å². The van der Waals surface area contributed by atoms with Crippen molar-refractivity contribution in [2.75, 3.05) is 39.3 Å². The van der Waals surface area contributed by atoms with Crippen LogP contribution >= 0.6 is 0 Å². The number of hydrogen-bond donors (Lipinski definition) is 1. The molecule has 0 spiro atoms. The van der Waals surface area contributed by atoms with Gasteiger partial charge in [0.1, 0.15) is 0 Å². The fourth-order valence-corrected chi connectivity index (χ4v) is 5.03. The zero-order chi connectivity index (χ0) is 20.7. The molecule has 28 heavy (non-hydrogen) atoms. The van der Waals surface area contributed by atoms with E-state index in [9.17, 15) is 13.2 Å². The second-order valence-electron chi connectivity index (χ2n) is 8.38. The highest BCUT2D eigenvalue weighted by atomic mass is 32.2. The van der Waals surface area contributed by atoms with Crippen LogP contribution in [0.1, 0.15) is 39.7 Å². The third-order valence-electron chi connectivity index (χ3n) is 4.82. The number of sulfonamides is 1. The molecule has 1 heterocycles. The molecule has 1 aromatic carbocycles. The molecule has 0 aromatic heterocycles. The molecule has 1 aliphatic heterocycles. The Labute approximate surface area is 170 Å². The Kier molecular flexibility index (Phi) is 8.46. The van der Waals surface area contributed by atoms with Gasteiger partial charge in [-0.05, 0) is 36.0 Å². The molecular formula is C21H35N3O3S. The summed E-state index contributed by atoms with van der Waals surface area (Å²) in [5.41, 5.74) is 1.14. The third-order valence-corrected chi connectivity index (χ3v) is 6.70. The molecule has 6 nitrogen and oxygen atoms in total. The standard InChI is InChI=1S/C21H35N3O3S/c1-17(2)15-19-5-7-20(8-6-19)28(26,27)24(16-18(3)4)12-9-21(25)23-13-10-22-11-14-23/h5-8,17-18,22H,9-16H2,1-4H3. The number of rotatable bonds is 9. The predicted molar refractivity (Wildman–Crippen MR) is 113 cm³/mol. The minimum absolute atomic E-state index is 0.0257. The van der Waals surface area contributed by atoms with Crippen molar-refractivity contribution in [3.05, 3.63) is 29.8 Å². The van der Waals surface area contributed by atoms with Gasteiger partial charge in [-0.1, -0.05) is 39.8 Å². The zero-order valence-corrected chi connectivity index (χ0v) is 18.5. The van der Waals surface area contributed by atoms with Crippen molar-refractivity contribution in [1.82, 2.24) is 14.5 Å². The fourth-order valence-electron chi connectivity index (χ4n) is 3.43. The Morgan fingerprint density at radius 3 is 2.21 bits per heavy atom. The van der Waals surface area contributed by atoms with E-state index < -0.39 is 10.0 Å². The maximum absolute atomic E-state index is 13.2. The molecule has 0 unspecified atom stereocenters. The lowest BCUT2D eigenvalue weighted by molar-refractivity contribution is -0.131. The van der Waals surface area contributed by atoms with Gasteiger partial charge in [-0.15, -0.1) is 0 Å². The first kappa shape index (κ1) is 22.8. The van der Waals surface area contributed by atoms with Gasteiger partial charge in [0.05, 0.1) is 4.90 Å². The fraction of sp³-hybridized carbons (Fsp3) is 0.667. The first-order chi connectivity index (χ1) is 13.2. The molecule has 1 amide bonds. The van der Waals surface area contributed by atoms with E-state index in [1.165, 1.54) is 4.31 Å². The van der Waals surface area contributed by atoms with Crippen LogP contribution in [0, 0.1) is 11.8 Å². The van der Waals surface area contributed by atoms with E-state index in [0.29, 0.717) is 30.4 Å². The van der Waals surface area contributed by atoms with Crippen LogP contribution < -0.4 is 5.32 Å². The minimum atomic E-state index is -3.62. The van der Waals surface area contributed by atoms with Gasteiger partial charge in [-0.3, -0.25) is 4.79 Å². The van der Waals surface area contributed by atoms with Crippen molar-refractivity contribution in [2.24, 2.45) is 11.8 Å². The van der Waals surface area contributed by atoms with Gasteiger partial charge >= 0.3 is 0 Å². The largest absolute Gasteiger partial charge is 0.340 e. The van der Waals surface area contributed by atoms with E-state index in [1.54, 1.807) is 12.1 Å². The molecule has 158 valence electrons. The molecule has 1 saturated heterocycles. The first-order valence-corrected chi connectivity index (χ1v) is 11.7. The number of carbonyl (C=O) groups is 1. The number of hydrogen-bond acceptors (Lipinski definition) is 4. The summed E-state index contributed by atoms with van der Waals surface area (Å²) in [6.07, 6.45) is 1.15. The van der Waals surface area contributed by atoms with Gasteiger partial charge in [0.25, 0.3) is 0 Å². The van der Waals surface area contributed by atoms with Crippen LogP contribution in [-0.4, -0.2) is 62.8 Å². The molecule has 0 radical (unpaired) electrons. The van der Waals surface area contributed by atoms with Gasteiger partial charge in [-0.25, -0.2) is 8.42 Å². The number of benzene rings is 1. The van der Waals surface area contributed by atoms with Crippen LogP contribution in [-0.2, 0) is 21.2 Å². The highest BCUT2D eigenvalue weighted by Gasteiger charge is 2.27. The lowest BCUT2D eigenvalue weighted by Crippen LogP contribution is -2.47. The number of piperazine rings is 1. The van der Waals surface area contributed by atoms with Crippen LogP contribution in [0.4, 0.5) is 0 Å². The smallest absolute Gasteiger partial charge is 0.243 e. The molecule has 0 atom stereocenters. The Hall–Kier alpha value is -1.44. The molecular weight excluding hydrogens is 374 g/mol. The summed E-state index contributed by atoms with van der Waals surface area (Å²) in [4.78, 5) is 14.6. The average Bonchev–Trinajstić information content (AvgIpc) is 2.65. The van der Waals surface area contributed by atoms with E-state index in [0.717, 1.165) is 25.1 Å². The van der Waals surface area contributed by atoms with E-state index in [2.05, 4.69) is 19.2 Å². The summed E-state index contributed by atoms with van der Waals surface area (Å²) in [7, 11) is -3.62. The van der Waals surface area contributed by atoms with Crippen molar-refractivity contribution in [3.8, 4) is 0 Å². The molecule has 0 bridgehead atoms. The van der Waals surface area contributed by atoms with Crippen molar-refractivity contribution < 1.29 is 13.2 Å². The van der Waals surface area contributed by atoms with Gasteiger partial charge < -0.3 is 10.2 Å². The van der Waals surface area contributed by atoms with E-state index in [-0.39, 0.29) is 24.8 Å². The monoisotopic (exact) mass is 409 g/mol. The maximum atomic E-state index is 13.2. The molecule has 0 saturated carbocycles. The number of amides is 1. The highest BCUT2D eigenvalue weighted by molar-refractivity contribution is 7.89. The van der Waals surface area contributed by atoms with Crippen LogP contribution in [0.5, 0.6) is 0 Å². The molecule has 7 heteroatoms. The normalized spacial score (nSPS) is 15.6. The lowest BCUT2D eigenvalue weighted by Gasteiger charge is -2.29. The van der Waals surface area contributed by atoms with E-state index >= 15 is 0 Å². The predicted octanol–water partition coefficient (Wildman–Crippen LogP) is 2.35. The van der Waals surface area contributed by atoms with Crippen LogP contribution in [0.15, 0.2) is 29.2 Å². The second kappa shape index (κ2) is 10.4. The zero-order valence-electron chi connectivity index (χ0n) is 17.6. The summed E-state index contributed by atoms with van der Waals surface area (Å²) in [5, 5.41) is 3.22. The topological polar surface area (TPSA) is 69.7 Å². The van der Waals surface area contributed by atoms with E-state index in [4.69, 9.17) is 0 Å². The maximum Gasteiger partial charge on any atom is 0.243 e. The van der Waals surface area contributed by atoms with E-state index in [1.807, 2.05) is 30.9 Å². The summed E-state index contributed by atoms with van der Waals surface area (Å²) < 4.78 is 27.8. The van der Waals surface area contributed by atoms with Gasteiger partial charge in [-0.2, -0.15) is 4.31 Å². The Balaban J connectivity index is 2.10. The summed E-state index contributed by atoms with van der Waals surface area (Å²) >= 11 is 0. The van der Waals surface area contributed by atoms with Gasteiger partial charge in [0.15, 0.2) is 0 Å². The van der Waals surface area contributed by atoms with Crippen LogP contribution in [0.25, 0.3) is 0 Å². The average molecular weight is 410 g/mol. The van der Waals surface area contributed by atoms with Gasteiger partial charge in [0, 0.05) is 45.7 Å². The van der Waals surface area contributed by atoms with Crippen molar-refractivity contribution in [2.45, 2.75) is 45.4 Å². The summed E-state index contributed by atoms with van der Waals surface area (Å²) in [6, 6.07) is 7.18. The lowest BCUT2D eigenvalue weighted by atomic mass is 10.0. The number of nitrogens with zero attached hydrogens (tertiary/aromatic N) is 2. The van der Waals surface area contributed by atoms with Crippen LogP contribution in [0.3, 0.4) is 0 Å². The molecule has 2 rings (SSSR count). The molecule has 1 N–H and O–H groups in total. The van der Waals surface area contributed by atoms with Crippen LogP contribution in [0.2, 0.25) is 0 Å². The van der Waals surface area contributed by atoms with Gasteiger partial charge in [0.2, 0.25) is 15.9 Å². The molecule has 1 aliphatic rings. The highest BCUT2D eigenvalue weighted by Crippen LogP contribution is 2.20. The molecule has 0 aliphatic carbocycles. The number of nitrogens with one attached hydrogen (secondary N) is 1. The Morgan fingerprint density at radius 2 is 1.68 bits per heavy atom. The Bertz CT molecular complexity index is 724. The molecule has 1 fully saturated rings. The summed E-state index contributed by atoms with van der Waals surface area (Å²) in [6.45, 7) is 11.9. The third kappa shape index (κ3) is 6.57. The molecule has 1 aromatic rings. The second-order valence-corrected chi connectivity index (χ2v) is 10.3. The van der Waals surface area contributed by atoms with Crippen molar-refractivity contribution in [3.63, 3.8) is 0 Å². The van der Waals surface area contributed by atoms with Crippen molar-refractivity contribution in [1.29, 1.82) is 0 Å². The minimum Gasteiger partial charge on any atom is -0.340 e. The SMILES string of the molecule is CC(C)Cc1ccc(S(=O)(=O)N(CCC(=O)N2CCNCC2)CC(C)C)cc1. The summed E-state index contributed by atoms with van der Waals surface area (Å²) in [5.74, 6) is 0.734. The number of carbonyl (C=O) groups excluding carboxylic acids is 1.